The molecule has 2 amide bonds. The smallest absolute Gasteiger partial charge is 0.319 e. The van der Waals surface area contributed by atoms with E-state index in [-0.39, 0.29) is 12.5 Å². The molecule has 0 aromatic heterocycles. The number of nitrogens with one attached hydrogen (secondary N) is 2. The molecule has 98 valence electrons. The lowest BCUT2D eigenvalue weighted by molar-refractivity contribution is -0.137. The second-order valence-corrected chi connectivity index (χ2v) is 5.08. The molecule has 0 fully saturated rings. The molecule has 0 bridgehead atoms. The molecule has 6 heteroatoms. The van der Waals surface area contributed by atoms with Crippen LogP contribution in [0.1, 0.15) is 18.4 Å². The molecule has 0 aliphatic carbocycles. The first kappa shape index (κ1) is 14.7. The van der Waals surface area contributed by atoms with Crippen LogP contribution >= 0.6 is 22.6 Å². The van der Waals surface area contributed by atoms with E-state index in [1.54, 1.807) is 0 Å². The van der Waals surface area contributed by atoms with Crippen molar-refractivity contribution in [2.75, 3.05) is 11.9 Å². The monoisotopic (exact) mass is 362 g/mol. The van der Waals surface area contributed by atoms with Gasteiger partial charge in [0.2, 0.25) is 0 Å². The van der Waals surface area contributed by atoms with Crippen LogP contribution in [-0.2, 0) is 4.79 Å². The normalized spacial score (nSPS) is 9.89. The Kier molecular flexibility index (Phi) is 5.90. The Morgan fingerprint density at radius 2 is 2.11 bits per heavy atom. The number of carbonyl (C=O) groups excluding carboxylic acids is 1. The van der Waals surface area contributed by atoms with Gasteiger partial charge in [0.05, 0.1) is 0 Å². The van der Waals surface area contributed by atoms with Crippen molar-refractivity contribution in [3.8, 4) is 0 Å². The number of anilines is 1. The number of benzene rings is 1. The zero-order valence-electron chi connectivity index (χ0n) is 10.00. The molecule has 1 aromatic rings. The minimum Gasteiger partial charge on any atom is -0.481 e. The highest BCUT2D eigenvalue weighted by Gasteiger charge is 2.04. The van der Waals surface area contributed by atoms with Crippen molar-refractivity contribution < 1.29 is 14.7 Å². The van der Waals surface area contributed by atoms with Crippen LogP contribution in [0.3, 0.4) is 0 Å². The van der Waals surface area contributed by atoms with Crippen molar-refractivity contribution >= 4 is 40.3 Å². The zero-order valence-corrected chi connectivity index (χ0v) is 12.2. The first-order chi connectivity index (χ1) is 8.49. The van der Waals surface area contributed by atoms with Crippen LogP contribution in [0.2, 0.25) is 0 Å². The van der Waals surface area contributed by atoms with Crippen LogP contribution in [0.5, 0.6) is 0 Å². The molecule has 3 N–H and O–H groups in total. The standard InChI is InChI=1S/C12H15IN2O3/c1-8-7-9(13)4-5-10(8)15-12(18)14-6-2-3-11(16)17/h4-5,7H,2-3,6H2,1H3,(H,16,17)(H2,14,15,18). The van der Waals surface area contributed by atoms with Gasteiger partial charge >= 0.3 is 12.0 Å². The number of rotatable bonds is 5. The van der Waals surface area contributed by atoms with Crippen molar-refractivity contribution in [3.05, 3.63) is 27.3 Å². The number of amides is 2. The predicted octanol–water partition coefficient (Wildman–Crippen LogP) is 2.59. The molecule has 1 rings (SSSR count). The van der Waals surface area contributed by atoms with Crippen LogP contribution in [-0.4, -0.2) is 23.7 Å². The Hall–Kier alpha value is -1.31. The number of aryl methyl sites for hydroxylation is 1. The molecule has 0 unspecified atom stereocenters. The van der Waals surface area contributed by atoms with E-state index in [4.69, 9.17) is 5.11 Å². The van der Waals surface area contributed by atoms with Crippen molar-refractivity contribution in [1.29, 1.82) is 0 Å². The number of aliphatic carboxylic acids is 1. The maximum atomic E-state index is 11.5. The summed E-state index contributed by atoms with van der Waals surface area (Å²) in [5.41, 5.74) is 1.74. The molecule has 18 heavy (non-hydrogen) atoms. The van der Waals surface area contributed by atoms with Crippen LogP contribution in [0, 0.1) is 10.5 Å². The molecule has 0 aliphatic heterocycles. The quantitative estimate of drug-likeness (QED) is 0.557. The van der Waals surface area contributed by atoms with Gasteiger partial charge in [-0.3, -0.25) is 4.79 Å². The molecular formula is C12H15IN2O3. The SMILES string of the molecule is Cc1cc(I)ccc1NC(=O)NCCCC(=O)O. The van der Waals surface area contributed by atoms with Gasteiger partial charge in [0.25, 0.3) is 0 Å². The van der Waals surface area contributed by atoms with Crippen molar-refractivity contribution in [2.24, 2.45) is 0 Å². The minimum atomic E-state index is -0.856. The third-order valence-electron chi connectivity index (χ3n) is 2.29. The number of halogens is 1. The van der Waals surface area contributed by atoms with Crippen LogP contribution in [0.4, 0.5) is 10.5 Å². The Morgan fingerprint density at radius 1 is 1.39 bits per heavy atom. The maximum absolute atomic E-state index is 11.5. The second-order valence-electron chi connectivity index (χ2n) is 3.84. The number of urea groups is 1. The number of carbonyl (C=O) groups is 2. The van der Waals surface area contributed by atoms with E-state index in [2.05, 4.69) is 33.2 Å². The number of hydrogen-bond acceptors (Lipinski definition) is 2. The minimum absolute atomic E-state index is 0.0584. The van der Waals surface area contributed by atoms with Gasteiger partial charge in [0.15, 0.2) is 0 Å². The van der Waals surface area contributed by atoms with E-state index in [1.165, 1.54) is 0 Å². The van der Waals surface area contributed by atoms with Gasteiger partial charge < -0.3 is 15.7 Å². The molecular weight excluding hydrogens is 347 g/mol. The van der Waals surface area contributed by atoms with E-state index in [0.29, 0.717) is 13.0 Å². The molecule has 0 spiro atoms. The second kappa shape index (κ2) is 7.20. The molecule has 0 heterocycles. The fourth-order valence-corrected chi connectivity index (χ4v) is 2.02. The lowest BCUT2D eigenvalue weighted by atomic mass is 10.2. The summed E-state index contributed by atoms with van der Waals surface area (Å²) in [6.07, 6.45) is 0.483. The largest absolute Gasteiger partial charge is 0.481 e. The Labute approximate surface area is 119 Å². The third-order valence-corrected chi connectivity index (χ3v) is 2.96. The maximum Gasteiger partial charge on any atom is 0.319 e. The van der Waals surface area contributed by atoms with E-state index in [1.807, 2.05) is 25.1 Å². The molecule has 0 saturated heterocycles. The Morgan fingerprint density at radius 3 is 2.72 bits per heavy atom. The molecule has 1 aromatic carbocycles. The summed E-state index contributed by atoms with van der Waals surface area (Å²) in [6.45, 7) is 2.27. The predicted molar refractivity (Wildman–Crippen MR) is 77.8 cm³/mol. The Bertz CT molecular complexity index is 449. The first-order valence-electron chi connectivity index (χ1n) is 5.52. The molecule has 0 saturated carbocycles. The molecule has 0 atom stereocenters. The zero-order chi connectivity index (χ0) is 13.5. The van der Waals surface area contributed by atoms with Crippen molar-refractivity contribution in [1.82, 2.24) is 5.32 Å². The van der Waals surface area contributed by atoms with Crippen LogP contribution < -0.4 is 10.6 Å². The molecule has 5 nitrogen and oxygen atoms in total. The Balaban J connectivity index is 2.38. The van der Waals surface area contributed by atoms with Crippen molar-refractivity contribution in [2.45, 2.75) is 19.8 Å². The average molecular weight is 362 g/mol. The summed E-state index contributed by atoms with van der Waals surface area (Å²) in [5.74, 6) is -0.856. The summed E-state index contributed by atoms with van der Waals surface area (Å²) in [4.78, 5) is 21.8. The van der Waals surface area contributed by atoms with Gasteiger partial charge in [-0.15, -0.1) is 0 Å². The lowest BCUT2D eigenvalue weighted by Gasteiger charge is -2.09. The van der Waals surface area contributed by atoms with Gasteiger partial charge in [-0.2, -0.15) is 0 Å². The third kappa shape index (κ3) is 5.35. The van der Waals surface area contributed by atoms with E-state index in [9.17, 15) is 9.59 Å². The number of carboxylic acids is 1. The molecule has 0 aliphatic rings. The fraction of sp³-hybridized carbons (Fsp3) is 0.333. The van der Waals surface area contributed by atoms with Gasteiger partial charge in [0.1, 0.15) is 0 Å². The highest BCUT2D eigenvalue weighted by molar-refractivity contribution is 14.1. The summed E-state index contributed by atoms with van der Waals surface area (Å²) in [6, 6.07) is 5.41. The lowest BCUT2D eigenvalue weighted by Crippen LogP contribution is -2.30. The summed E-state index contributed by atoms with van der Waals surface area (Å²) < 4.78 is 1.11. The summed E-state index contributed by atoms with van der Waals surface area (Å²) in [7, 11) is 0. The summed E-state index contributed by atoms with van der Waals surface area (Å²) >= 11 is 2.21. The highest BCUT2D eigenvalue weighted by Crippen LogP contribution is 2.17. The van der Waals surface area contributed by atoms with Crippen molar-refractivity contribution in [3.63, 3.8) is 0 Å². The van der Waals surface area contributed by atoms with E-state index in [0.717, 1.165) is 14.8 Å². The topological polar surface area (TPSA) is 78.4 Å². The summed E-state index contributed by atoms with van der Waals surface area (Å²) in [5, 5.41) is 13.8. The van der Waals surface area contributed by atoms with Gasteiger partial charge in [-0.1, -0.05) is 0 Å². The van der Waals surface area contributed by atoms with Gasteiger partial charge in [-0.25, -0.2) is 4.79 Å². The first-order valence-corrected chi connectivity index (χ1v) is 6.59. The number of hydrogen-bond donors (Lipinski definition) is 3. The van der Waals surface area contributed by atoms with Crippen LogP contribution in [0.25, 0.3) is 0 Å². The van der Waals surface area contributed by atoms with Gasteiger partial charge in [-0.05, 0) is 59.7 Å². The van der Waals surface area contributed by atoms with Crippen LogP contribution in [0.15, 0.2) is 18.2 Å². The average Bonchev–Trinajstić information content (AvgIpc) is 2.28. The number of carboxylic acid groups (broad SMARTS) is 1. The van der Waals surface area contributed by atoms with Gasteiger partial charge in [0, 0.05) is 22.2 Å². The highest BCUT2D eigenvalue weighted by atomic mass is 127. The van der Waals surface area contributed by atoms with E-state index < -0.39 is 5.97 Å². The van der Waals surface area contributed by atoms with E-state index >= 15 is 0 Å². The fourth-order valence-electron chi connectivity index (χ4n) is 1.38. The molecule has 0 radical (unpaired) electrons.